The molecule has 0 fully saturated rings. The first-order valence-electron chi connectivity index (χ1n) is 5.78. The highest BCUT2D eigenvalue weighted by Crippen LogP contribution is 2.24. The number of rotatable bonds is 5. The second-order valence-corrected chi connectivity index (χ2v) is 4.71. The summed E-state index contributed by atoms with van der Waals surface area (Å²) in [4.78, 5) is 2.11. The van der Waals surface area contributed by atoms with Gasteiger partial charge in [0.2, 0.25) is 0 Å². The Balaban J connectivity index is 2.88. The Hall–Kier alpha value is -1.06. The van der Waals surface area contributed by atoms with Crippen LogP contribution in [0.1, 0.15) is 31.9 Å². The first kappa shape index (κ1) is 14.0. The van der Waals surface area contributed by atoms with Crippen LogP contribution < -0.4 is 5.73 Å². The number of nitrogens with two attached hydrogens (primary N) is 1. The molecular formula is C13H20ClN3. The Kier molecular flexibility index (Phi) is 4.97. The van der Waals surface area contributed by atoms with E-state index in [4.69, 9.17) is 22.7 Å². The van der Waals surface area contributed by atoms with Crippen LogP contribution in [-0.4, -0.2) is 23.8 Å². The smallest absolute Gasteiger partial charge is 0.108 e. The molecule has 1 aromatic rings. The minimum Gasteiger partial charge on any atom is -0.386 e. The van der Waals surface area contributed by atoms with E-state index in [2.05, 4.69) is 11.8 Å². The average molecular weight is 254 g/mol. The van der Waals surface area contributed by atoms with Crippen molar-refractivity contribution in [3.63, 3.8) is 0 Å². The summed E-state index contributed by atoms with van der Waals surface area (Å²) in [6.07, 6.45) is 0.830. The number of hydrogen-bond acceptors (Lipinski definition) is 2. The molecule has 2 unspecified atom stereocenters. The fraction of sp³-hybridized carbons (Fsp3) is 0.462. The highest BCUT2D eigenvalue weighted by atomic mass is 35.5. The number of nitrogens with zero attached hydrogens (tertiary/aromatic N) is 1. The van der Waals surface area contributed by atoms with Crippen LogP contribution in [0.2, 0.25) is 5.02 Å². The topological polar surface area (TPSA) is 53.1 Å². The fourth-order valence-corrected chi connectivity index (χ4v) is 2.20. The second kappa shape index (κ2) is 6.03. The number of hydrogen-bond donors (Lipinski definition) is 2. The molecule has 0 heterocycles. The van der Waals surface area contributed by atoms with Gasteiger partial charge in [0.25, 0.3) is 0 Å². The van der Waals surface area contributed by atoms with Crippen molar-refractivity contribution in [2.45, 2.75) is 32.4 Å². The van der Waals surface area contributed by atoms with Crippen molar-refractivity contribution in [2.24, 2.45) is 5.73 Å². The summed E-state index contributed by atoms with van der Waals surface area (Å²) < 4.78 is 0. The fourth-order valence-electron chi connectivity index (χ4n) is 2.00. The SMILES string of the molecule is CCC(C(=N)N)N(C)C(C)c1cccc(Cl)c1. The molecule has 0 bridgehead atoms. The molecule has 0 aromatic heterocycles. The summed E-state index contributed by atoms with van der Waals surface area (Å²) in [6.45, 7) is 4.13. The van der Waals surface area contributed by atoms with Gasteiger partial charge in [0.15, 0.2) is 0 Å². The van der Waals surface area contributed by atoms with E-state index in [-0.39, 0.29) is 17.9 Å². The van der Waals surface area contributed by atoms with Crippen molar-refractivity contribution in [3.8, 4) is 0 Å². The van der Waals surface area contributed by atoms with Crippen LogP contribution in [0.4, 0.5) is 0 Å². The number of amidine groups is 1. The lowest BCUT2D eigenvalue weighted by Gasteiger charge is -2.32. The molecule has 0 spiro atoms. The lowest BCUT2D eigenvalue weighted by Crippen LogP contribution is -2.42. The quantitative estimate of drug-likeness (QED) is 0.626. The van der Waals surface area contributed by atoms with Crippen LogP contribution in [-0.2, 0) is 0 Å². The summed E-state index contributed by atoms with van der Waals surface area (Å²) in [5.41, 5.74) is 6.75. The molecule has 94 valence electrons. The van der Waals surface area contributed by atoms with Crippen LogP contribution in [0, 0.1) is 5.41 Å². The Morgan fingerprint density at radius 2 is 2.18 bits per heavy atom. The maximum absolute atomic E-state index is 7.59. The first-order valence-corrected chi connectivity index (χ1v) is 6.16. The molecule has 0 amide bonds. The third-order valence-electron chi connectivity index (χ3n) is 3.18. The molecule has 0 aliphatic heterocycles. The van der Waals surface area contributed by atoms with Crippen LogP contribution in [0.15, 0.2) is 24.3 Å². The van der Waals surface area contributed by atoms with E-state index in [9.17, 15) is 0 Å². The van der Waals surface area contributed by atoms with Gasteiger partial charge in [-0.2, -0.15) is 0 Å². The monoisotopic (exact) mass is 253 g/mol. The van der Waals surface area contributed by atoms with E-state index >= 15 is 0 Å². The average Bonchev–Trinajstić information content (AvgIpc) is 2.28. The minimum atomic E-state index is -0.0241. The second-order valence-electron chi connectivity index (χ2n) is 4.28. The molecule has 0 saturated heterocycles. The van der Waals surface area contributed by atoms with Gasteiger partial charge in [-0.25, -0.2) is 0 Å². The summed E-state index contributed by atoms with van der Waals surface area (Å²) in [7, 11) is 1.99. The van der Waals surface area contributed by atoms with Crippen molar-refractivity contribution >= 4 is 17.4 Å². The lowest BCUT2D eigenvalue weighted by molar-refractivity contribution is 0.223. The van der Waals surface area contributed by atoms with Crippen molar-refractivity contribution in [2.75, 3.05) is 7.05 Å². The molecule has 17 heavy (non-hydrogen) atoms. The first-order chi connectivity index (χ1) is 7.97. The van der Waals surface area contributed by atoms with E-state index in [1.165, 1.54) is 0 Å². The highest BCUT2D eigenvalue weighted by molar-refractivity contribution is 6.30. The third-order valence-corrected chi connectivity index (χ3v) is 3.41. The van der Waals surface area contributed by atoms with Gasteiger partial charge in [0, 0.05) is 11.1 Å². The lowest BCUT2D eigenvalue weighted by atomic mass is 10.0. The number of benzene rings is 1. The van der Waals surface area contributed by atoms with Gasteiger partial charge in [-0.1, -0.05) is 30.7 Å². The molecule has 2 atom stereocenters. The van der Waals surface area contributed by atoms with Gasteiger partial charge in [0.05, 0.1) is 6.04 Å². The van der Waals surface area contributed by atoms with Gasteiger partial charge in [-0.15, -0.1) is 0 Å². The van der Waals surface area contributed by atoms with Crippen LogP contribution in [0.25, 0.3) is 0 Å². The van der Waals surface area contributed by atoms with Crippen molar-refractivity contribution in [1.29, 1.82) is 5.41 Å². The van der Waals surface area contributed by atoms with Crippen LogP contribution in [0.5, 0.6) is 0 Å². The molecule has 0 aliphatic rings. The number of halogens is 1. The molecule has 0 saturated carbocycles. The molecule has 3 nitrogen and oxygen atoms in total. The Labute approximate surface area is 108 Å². The zero-order valence-corrected chi connectivity index (χ0v) is 11.3. The summed E-state index contributed by atoms with van der Waals surface area (Å²) in [5.74, 6) is 0.212. The largest absolute Gasteiger partial charge is 0.386 e. The van der Waals surface area contributed by atoms with E-state index in [1.807, 2.05) is 38.2 Å². The maximum atomic E-state index is 7.59. The van der Waals surface area contributed by atoms with E-state index < -0.39 is 0 Å². The van der Waals surface area contributed by atoms with Crippen LogP contribution in [0.3, 0.4) is 0 Å². The molecule has 3 N–H and O–H groups in total. The maximum Gasteiger partial charge on any atom is 0.108 e. The predicted octanol–water partition coefficient (Wildman–Crippen LogP) is 3.05. The minimum absolute atomic E-state index is 0.0241. The molecule has 1 aromatic carbocycles. The normalized spacial score (nSPS) is 14.6. The highest BCUT2D eigenvalue weighted by Gasteiger charge is 2.21. The van der Waals surface area contributed by atoms with Gasteiger partial charge in [0.1, 0.15) is 5.84 Å². The van der Waals surface area contributed by atoms with E-state index in [1.54, 1.807) is 0 Å². The summed E-state index contributed by atoms with van der Waals surface area (Å²) >= 11 is 5.98. The van der Waals surface area contributed by atoms with Crippen molar-refractivity contribution in [1.82, 2.24) is 4.90 Å². The number of likely N-dealkylation sites (N-methyl/N-ethyl adjacent to an activating group) is 1. The molecular weight excluding hydrogens is 234 g/mol. The van der Waals surface area contributed by atoms with Crippen LogP contribution >= 0.6 is 11.6 Å². The van der Waals surface area contributed by atoms with Crippen molar-refractivity contribution in [3.05, 3.63) is 34.9 Å². The van der Waals surface area contributed by atoms with Gasteiger partial charge >= 0.3 is 0 Å². The van der Waals surface area contributed by atoms with Crippen molar-refractivity contribution < 1.29 is 0 Å². The van der Waals surface area contributed by atoms with E-state index in [0.717, 1.165) is 17.0 Å². The van der Waals surface area contributed by atoms with Gasteiger partial charge in [-0.3, -0.25) is 10.3 Å². The zero-order valence-electron chi connectivity index (χ0n) is 10.6. The standard InChI is InChI=1S/C13H20ClN3/c1-4-12(13(15)16)17(3)9(2)10-6-5-7-11(14)8-10/h5-9,12H,4H2,1-3H3,(H3,15,16). The van der Waals surface area contributed by atoms with Gasteiger partial charge < -0.3 is 5.73 Å². The zero-order chi connectivity index (χ0) is 13.0. The Bertz CT molecular complexity index is 392. The summed E-state index contributed by atoms with van der Waals surface area (Å²) in [5, 5.41) is 8.32. The molecule has 4 heteroatoms. The molecule has 0 radical (unpaired) electrons. The third kappa shape index (κ3) is 3.45. The van der Waals surface area contributed by atoms with E-state index in [0.29, 0.717) is 0 Å². The van der Waals surface area contributed by atoms with Gasteiger partial charge in [-0.05, 0) is 38.1 Å². The molecule has 1 rings (SSSR count). The Morgan fingerprint density at radius 3 is 2.65 bits per heavy atom. The Morgan fingerprint density at radius 1 is 1.53 bits per heavy atom. The predicted molar refractivity (Wildman–Crippen MR) is 73.6 cm³/mol. The molecule has 0 aliphatic carbocycles. The number of nitrogens with one attached hydrogen (secondary N) is 1. The summed E-state index contributed by atoms with van der Waals surface area (Å²) in [6, 6.07) is 7.96.